The molecule has 0 saturated heterocycles. The first-order valence-electron chi connectivity index (χ1n) is 7.54. The molecule has 21 heavy (non-hydrogen) atoms. The van der Waals surface area contributed by atoms with Gasteiger partial charge in [0, 0.05) is 11.7 Å². The number of nitrogen functional groups attached to an aromatic ring is 1. The van der Waals surface area contributed by atoms with E-state index < -0.39 is 11.8 Å². The Morgan fingerprint density at radius 3 is 2.62 bits per heavy atom. The number of hydrogen-bond donors (Lipinski definition) is 2. The number of nitrogens with one attached hydrogen (secondary N) is 1. The predicted molar refractivity (Wildman–Crippen MR) is 77.4 cm³/mol. The number of hydrogen-bond acceptors (Lipinski definition) is 4. The molecule has 4 rings (SSSR count). The Bertz CT molecular complexity index is 603. The Labute approximate surface area is 122 Å². The van der Waals surface area contributed by atoms with Crippen LogP contribution in [0.5, 0.6) is 0 Å². The van der Waals surface area contributed by atoms with Crippen molar-refractivity contribution in [2.45, 2.75) is 25.3 Å². The van der Waals surface area contributed by atoms with Gasteiger partial charge in [-0.05, 0) is 55.1 Å². The maximum absolute atomic E-state index is 14.1. The lowest BCUT2D eigenvalue weighted by molar-refractivity contribution is 0.0602. The Hall–Kier alpha value is -1.78. The molecule has 3 aliphatic carbocycles. The first-order valence-corrected chi connectivity index (χ1v) is 7.54. The highest BCUT2D eigenvalue weighted by molar-refractivity contribution is 5.96. The minimum Gasteiger partial charge on any atom is -0.465 e. The maximum Gasteiger partial charge on any atom is 0.340 e. The molecule has 4 atom stereocenters. The fourth-order valence-electron chi connectivity index (χ4n) is 4.68. The summed E-state index contributed by atoms with van der Waals surface area (Å²) >= 11 is 0. The average molecular weight is 290 g/mol. The van der Waals surface area contributed by atoms with Crippen molar-refractivity contribution >= 4 is 17.3 Å². The molecule has 1 aromatic carbocycles. The number of methoxy groups -OCH3 is 1. The van der Waals surface area contributed by atoms with Crippen LogP contribution in [-0.4, -0.2) is 19.1 Å². The second kappa shape index (κ2) is 4.36. The number of fused-ring (bicyclic) bond motifs is 5. The van der Waals surface area contributed by atoms with Crippen LogP contribution in [0, 0.1) is 29.5 Å². The second-order valence-corrected chi connectivity index (χ2v) is 6.57. The molecule has 0 spiro atoms. The van der Waals surface area contributed by atoms with Crippen LogP contribution in [0.25, 0.3) is 0 Å². The molecule has 3 N–H and O–H groups in total. The van der Waals surface area contributed by atoms with Gasteiger partial charge in [-0.15, -0.1) is 0 Å². The summed E-state index contributed by atoms with van der Waals surface area (Å²) in [4.78, 5) is 11.7. The molecule has 3 aliphatic rings. The molecule has 0 aromatic heterocycles. The minimum absolute atomic E-state index is 0.112. The summed E-state index contributed by atoms with van der Waals surface area (Å²) < 4.78 is 18.8. The smallest absolute Gasteiger partial charge is 0.340 e. The molecular formula is C16H19FN2O2. The van der Waals surface area contributed by atoms with Crippen molar-refractivity contribution < 1.29 is 13.9 Å². The van der Waals surface area contributed by atoms with Gasteiger partial charge in [0.25, 0.3) is 0 Å². The van der Waals surface area contributed by atoms with Gasteiger partial charge in [-0.2, -0.15) is 0 Å². The topological polar surface area (TPSA) is 64.3 Å². The molecule has 0 heterocycles. The summed E-state index contributed by atoms with van der Waals surface area (Å²) in [6, 6.07) is 3.04. The molecule has 0 aliphatic heterocycles. The highest BCUT2D eigenvalue weighted by Gasteiger charge is 2.65. The molecule has 0 radical (unpaired) electrons. The van der Waals surface area contributed by atoms with Gasteiger partial charge in [-0.3, -0.25) is 0 Å². The number of carbonyl (C=O) groups is 1. The summed E-state index contributed by atoms with van der Waals surface area (Å²) in [6.45, 7) is 0. The fraction of sp³-hybridized carbons (Fsp3) is 0.562. The van der Waals surface area contributed by atoms with E-state index in [1.165, 1.54) is 38.5 Å². The van der Waals surface area contributed by atoms with Crippen LogP contribution in [0.2, 0.25) is 0 Å². The zero-order valence-electron chi connectivity index (χ0n) is 11.9. The van der Waals surface area contributed by atoms with Crippen LogP contribution in [0.4, 0.5) is 15.8 Å². The van der Waals surface area contributed by atoms with Crippen molar-refractivity contribution in [3.63, 3.8) is 0 Å². The Kier molecular flexibility index (Phi) is 2.68. The normalized spacial score (nSPS) is 35.4. The maximum atomic E-state index is 14.1. The zero-order chi connectivity index (χ0) is 14.7. The summed E-state index contributed by atoms with van der Waals surface area (Å²) in [7, 11) is 1.29. The lowest BCUT2D eigenvalue weighted by Crippen LogP contribution is -2.15. The van der Waals surface area contributed by atoms with E-state index in [4.69, 9.17) is 5.73 Å². The van der Waals surface area contributed by atoms with E-state index in [0.717, 1.165) is 11.8 Å². The van der Waals surface area contributed by atoms with Crippen molar-refractivity contribution in [1.29, 1.82) is 0 Å². The molecule has 3 fully saturated rings. The first-order chi connectivity index (χ1) is 10.1. The molecule has 4 unspecified atom stereocenters. The molecule has 1 aromatic rings. The third kappa shape index (κ3) is 1.83. The summed E-state index contributed by atoms with van der Waals surface area (Å²) in [5.41, 5.74) is 6.38. The van der Waals surface area contributed by atoms with E-state index in [-0.39, 0.29) is 11.3 Å². The Balaban J connectivity index is 1.57. The van der Waals surface area contributed by atoms with Gasteiger partial charge in [0.2, 0.25) is 0 Å². The van der Waals surface area contributed by atoms with Gasteiger partial charge in [-0.1, -0.05) is 0 Å². The number of rotatable bonds is 3. The number of carbonyl (C=O) groups excluding carboxylic acids is 1. The van der Waals surface area contributed by atoms with Crippen molar-refractivity contribution in [2.24, 2.45) is 23.7 Å². The Morgan fingerprint density at radius 1 is 1.33 bits per heavy atom. The second-order valence-electron chi connectivity index (χ2n) is 6.57. The lowest BCUT2D eigenvalue weighted by atomic mass is 10.0. The first kappa shape index (κ1) is 12.9. The summed E-state index contributed by atoms with van der Waals surface area (Å²) in [6.07, 6.45) is 3.99. The van der Waals surface area contributed by atoms with Gasteiger partial charge < -0.3 is 15.8 Å². The summed E-state index contributed by atoms with van der Waals surface area (Å²) in [5, 5.41) is 3.30. The largest absolute Gasteiger partial charge is 0.465 e. The Morgan fingerprint density at radius 2 is 2.00 bits per heavy atom. The molecule has 112 valence electrons. The van der Waals surface area contributed by atoms with Gasteiger partial charge in [0.15, 0.2) is 0 Å². The third-order valence-electron chi connectivity index (χ3n) is 5.60. The van der Waals surface area contributed by atoms with Gasteiger partial charge in [0.05, 0.1) is 18.4 Å². The van der Waals surface area contributed by atoms with Crippen LogP contribution in [0.3, 0.4) is 0 Å². The SMILES string of the molecule is COC(=O)c1cc(NC2C3C4CCC(C4)C23)c(F)cc1N. The third-order valence-corrected chi connectivity index (χ3v) is 5.60. The van der Waals surface area contributed by atoms with Crippen LogP contribution < -0.4 is 11.1 Å². The summed E-state index contributed by atoms with van der Waals surface area (Å²) in [5.74, 6) is 2.08. The standard InChI is InChI=1S/C16H19FN2O2/c1-21-16(20)9-5-12(10(17)6-11(9)18)19-15-13-7-2-3-8(4-7)14(13)15/h5-8,13-15,19H,2-4,18H2,1H3. The van der Waals surface area contributed by atoms with Crippen LogP contribution in [-0.2, 0) is 4.74 Å². The highest BCUT2D eigenvalue weighted by Crippen LogP contribution is 2.66. The van der Waals surface area contributed by atoms with Gasteiger partial charge >= 0.3 is 5.97 Å². The number of benzene rings is 1. The van der Waals surface area contributed by atoms with E-state index >= 15 is 0 Å². The van der Waals surface area contributed by atoms with Crippen molar-refractivity contribution in [2.75, 3.05) is 18.2 Å². The molecule has 3 saturated carbocycles. The number of halogens is 1. The van der Waals surface area contributed by atoms with E-state index in [0.29, 0.717) is 23.6 Å². The molecule has 5 heteroatoms. The molecule has 0 amide bonds. The van der Waals surface area contributed by atoms with Crippen LogP contribution in [0.1, 0.15) is 29.6 Å². The van der Waals surface area contributed by atoms with Crippen molar-refractivity contribution in [1.82, 2.24) is 0 Å². The number of nitrogens with two attached hydrogens (primary N) is 1. The van der Waals surface area contributed by atoms with Crippen LogP contribution in [0.15, 0.2) is 12.1 Å². The number of ether oxygens (including phenoxy) is 1. The molecule has 2 bridgehead atoms. The van der Waals surface area contributed by atoms with Gasteiger partial charge in [-0.25, -0.2) is 9.18 Å². The minimum atomic E-state index is -0.536. The van der Waals surface area contributed by atoms with Crippen molar-refractivity contribution in [3.05, 3.63) is 23.5 Å². The lowest BCUT2D eigenvalue weighted by Gasteiger charge is -2.14. The average Bonchev–Trinajstić information content (AvgIpc) is 2.84. The van der Waals surface area contributed by atoms with E-state index in [9.17, 15) is 9.18 Å². The molecular weight excluding hydrogens is 271 g/mol. The van der Waals surface area contributed by atoms with E-state index in [1.807, 2.05) is 0 Å². The number of esters is 1. The zero-order valence-corrected chi connectivity index (χ0v) is 11.9. The highest BCUT2D eigenvalue weighted by atomic mass is 19.1. The quantitative estimate of drug-likeness (QED) is 0.663. The predicted octanol–water partition coefficient (Wildman–Crippen LogP) is 2.65. The van der Waals surface area contributed by atoms with Gasteiger partial charge in [0.1, 0.15) is 5.82 Å². The van der Waals surface area contributed by atoms with Crippen LogP contribution >= 0.6 is 0 Å². The van der Waals surface area contributed by atoms with E-state index in [2.05, 4.69) is 10.1 Å². The molecule has 4 nitrogen and oxygen atoms in total. The van der Waals surface area contributed by atoms with E-state index in [1.54, 1.807) is 0 Å². The van der Waals surface area contributed by atoms with Crippen molar-refractivity contribution in [3.8, 4) is 0 Å². The number of anilines is 2. The monoisotopic (exact) mass is 290 g/mol. The fourth-order valence-corrected chi connectivity index (χ4v) is 4.68.